The van der Waals surface area contributed by atoms with Crippen molar-refractivity contribution in [3.63, 3.8) is 0 Å². The first-order valence-electron chi connectivity index (χ1n) is 12.4. The molecule has 0 heterocycles. The average molecular weight is 490 g/mol. The highest BCUT2D eigenvalue weighted by atomic mass is 19.1. The number of carboxylic acids is 1. The van der Waals surface area contributed by atoms with E-state index < -0.39 is 23.2 Å². The van der Waals surface area contributed by atoms with Crippen LogP contribution in [0, 0.1) is 11.6 Å². The quantitative estimate of drug-likeness (QED) is 0.303. The summed E-state index contributed by atoms with van der Waals surface area (Å²) in [5.41, 5.74) is -0.239. The van der Waals surface area contributed by atoms with E-state index in [2.05, 4.69) is 6.92 Å². The maximum Gasteiger partial charge on any atom is 0.347 e. The lowest BCUT2D eigenvalue weighted by atomic mass is 10.0. The van der Waals surface area contributed by atoms with Crippen molar-refractivity contribution in [1.82, 2.24) is 4.90 Å². The fraction of sp³-hybridized carbons (Fsp3) is 0.500. The Morgan fingerprint density at radius 1 is 1.00 bits per heavy atom. The molecule has 0 saturated carbocycles. The number of nitrogens with zero attached hydrogens (tertiary/aromatic N) is 1. The lowest BCUT2D eigenvalue weighted by molar-refractivity contribution is -0.154. The predicted molar refractivity (Wildman–Crippen MR) is 133 cm³/mol. The molecule has 2 aromatic rings. The Morgan fingerprint density at radius 3 is 2.40 bits per heavy atom. The lowest BCUT2D eigenvalue weighted by Crippen LogP contribution is -2.40. The number of carbonyl (C=O) groups is 2. The van der Waals surface area contributed by atoms with Gasteiger partial charge < -0.3 is 14.7 Å². The molecule has 0 aromatic heterocycles. The molecule has 1 atom stereocenters. The summed E-state index contributed by atoms with van der Waals surface area (Å²) in [5.74, 6) is -2.17. The van der Waals surface area contributed by atoms with E-state index in [1.54, 1.807) is 30.0 Å². The van der Waals surface area contributed by atoms with E-state index >= 15 is 0 Å². The molecule has 1 unspecified atom stereocenters. The number of unbranched alkanes of at least 4 members (excludes halogenated alkanes) is 4. The lowest BCUT2D eigenvalue weighted by Gasteiger charge is -2.25. The molecular formula is C28H37F2NO4. The van der Waals surface area contributed by atoms with Gasteiger partial charge in [-0.05, 0) is 55.5 Å². The number of carbonyl (C=O) groups excluding carboxylic acids is 1. The Hall–Kier alpha value is -2.96. The van der Waals surface area contributed by atoms with Crippen LogP contribution in [0.2, 0.25) is 0 Å². The van der Waals surface area contributed by atoms with Crippen LogP contribution in [0.3, 0.4) is 0 Å². The van der Waals surface area contributed by atoms with Crippen molar-refractivity contribution in [3.8, 4) is 5.75 Å². The number of carboxylic acid groups (broad SMARTS) is 1. The molecule has 192 valence electrons. The smallest absolute Gasteiger partial charge is 0.347 e. The van der Waals surface area contributed by atoms with E-state index in [-0.39, 0.29) is 17.9 Å². The molecule has 0 radical (unpaired) electrons. The van der Waals surface area contributed by atoms with E-state index in [1.165, 1.54) is 13.0 Å². The van der Waals surface area contributed by atoms with Crippen molar-refractivity contribution >= 4 is 11.9 Å². The SMILES string of the molecule is CCCCCCCN(CCc1cccc(OC(C)(CC)C(=O)O)c1)C(=O)Cc1ccc(F)cc1F. The molecule has 0 aliphatic heterocycles. The molecule has 2 aromatic carbocycles. The van der Waals surface area contributed by atoms with Crippen LogP contribution in [0.15, 0.2) is 42.5 Å². The monoisotopic (exact) mass is 489 g/mol. The minimum atomic E-state index is -1.32. The summed E-state index contributed by atoms with van der Waals surface area (Å²) >= 11 is 0. The molecule has 5 nitrogen and oxygen atoms in total. The second-order valence-corrected chi connectivity index (χ2v) is 9.10. The molecule has 0 aliphatic carbocycles. The van der Waals surface area contributed by atoms with Crippen LogP contribution in [-0.4, -0.2) is 40.6 Å². The first-order chi connectivity index (χ1) is 16.7. The summed E-state index contributed by atoms with van der Waals surface area (Å²) in [5, 5.41) is 9.48. The molecule has 2 rings (SSSR count). The molecule has 0 aliphatic rings. The summed E-state index contributed by atoms with van der Waals surface area (Å²) in [6.45, 7) is 6.43. The van der Waals surface area contributed by atoms with E-state index in [4.69, 9.17) is 4.74 Å². The third-order valence-corrected chi connectivity index (χ3v) is 6.28. The number of hydrogen-bond acceptors (Lipinski definition) is 3. The third kappa shape index (κ3) is 8.96. The highest BCUT2D eigenvalue weighted by Crippen LogP contribution is 2.23. The van der Waals surface area contributed by atoms with Crippen molar-refractivity contribution in [2.75, 3.05) is 13.1 Å². The van der Waals surface area contributed by atoms with E-state index in [0.717, 1.165) is 49.8 Å². The molecule has 1 amide bonds. The highest BCUT2D eigenvalue weighted by molar-refractivity contribution is 5.79. The van der Waals surface area contributed by atoms with Crippen LogP contribution < -0.4 is 4.74 Å². The van der Waals surface area contributed by atoms with Crippen molar-refractivity contribution < 1.29 is 28.2 Å². The molecule has 0 spiro atoms. The maximum absolute atomic E-state index is 14.1. The van der Waals surface area contributed by atoms with Crippen molar-refractivity contribution in [3.05, 3.63) is 65.2 Å². The van der Waals surface area contributed by atoms with E-state index in [1.807, 2.05) is 6.07 Å². The maximum atomic E-state index is 14.1. The van der Waals surface area contributed by atoms with Gasteiger partial charge in [0, 0.05) is 19.2 Å². The van der Waals surface area contributed by atoms with Gasteiger partial charge >= 0.3 is 5.97 Å². The van der Waals surface area contributed by atoms with Gasteiger partial charge in [-0.3, -0.25) is 4.79 Å². The van der Waals surface area contributed by atoms with E-state index in [0.29, 0.717) is 31.7 Å². The van der Waals surface area contributed by atoms with Crippen LogP contribution in [0.4, 0.5) is 8.78 Å². The van der Waals surface area contributed by atoms with Gasteiger partial charge in [0.25, 0.3) is 0 Å². The molecule has 1 N–H and O–H groups in total. The number of rotatable bonds is 15. The summed E-state index contributed by atoms with van der Waals surface area (Å²) in [6.07, 6.45) is 5.97. The van der Waals surface area contributed by atoms with Crippen LogP contribution >= 0.6 is 0 Å². The van der Waals surface area contributed by atoms with Crippen LogP contribution in [-0.2, 0) is 22.4 Å². The molecule has 0 saturated heterocycles. The van der Waals surface area contributed by atoms with Crippen molar-refractivity contribution in [2.24, 2.45) is 0 Å². The Bertz CT molecular complexity index is 981. The largest absolute Gasteiger partial charge is 0.478 e. The number of halogens is 2. The fourth-order valence-corrected chi connectivity index (χ4v) is 3.76. The summed E-state index contributed by atoms with van der Waals surface area (Å²) in [7, 11) is 0. The zero-order valence-corrected chi connectivity index (χ0v) is 21.0. The van der Waals surface area contributed by atoms with Crippen LogP contribution in [0.1, 0.15) is 70.4 Å². The Kier molecular flexibility index (Phi) is 11.2. The van der Waals surface area contributed by atoms with Crippen LogP contribution in [0.5, 0.6) is 5.75 Å². The first-order valence-corrected chi connectivity index (χ1v) is 12.4. The summed E-state index contributed by atoms with van der Waals surface area (Å²) < 4.78 is 33.1. The fourth-order valence-electron chi connectivity index (χ4n) is 3.76. The summed E-state index contributed by atoms with van der Waals surface area (Å²) in [6, 6.07) is 10.5. The first kappa shape index (κ1) is 28.3. The average Bonchev–Trinajstić information content (AvgIpc) is 2.82. The molecule has 0 fully saturated rings. The zero-order chi connectivity index (χ0) is 25.8. The van der Waals surface area contributed by atoms with Gasteiger partial charge in [-0.2, -0.15) is 0 Å². The minimum Gasteiger partial charge on any atom is -0.478 e. The predicted octanol–water partition coefficient (Wildman–Crippen LogP) is 6.18. The Labute approximate surface area is 207 Å². The van der Waals surface area contributed by atoms with Crippen molar-refractivity contribution in [1.29, 1.82) is 0 Å². The standard InChI is InChI=1S/C28H37F2NO4/c1-4-6-7-8-9-16-31(26(32)19-22-13-14-23(29)20-25(22)30)17-15-21-11-10-12-24(18-21)35-28(3,5-2)27(33)34/h10-14,18,20H,4-9,15-17,19H2,1-3H3,(H,33,34). The summed E-state index contributed by atoms with van der Waals surface area (Å²) in [4.78, 5) is 26.3. The molecular weight excluding hydrogens is 452 g/mol. The highest BCUT2D eigenvalue weighted by Gasteiger charge is 2.33. The number of ether oxygens (including phenoxy) is 1. The van der Waals surface area contributed by atoms with Gasteiger partial charge in [0.2, 0.25) is 11.5 Å². The number of hydrogen-bond donors (Lipinski definition) is 1. The van der Waals surface area contributed by atoms with Crippen molar-refractivity contribution in [2.45, 2.75) is 77.7 Å². The van der Waals surface area contributed by atoms with Gasteiger partial charge in [0.1, 0.15) is 17.4 Å². The normalized spacial score (nSPS) is 12.7. The van der Waals surface area contributed by atoms with Gasteiger partial charge in [0.15, 0.2) is 0 Å². The topological polar surface area (TPSA) is 66.8 Å². The second kappa shape index (κ2) is 13.8. The van der Waals surface area contributed by atoms with Gasteiger partial charge in [-0.1, -0.05) is 57.7 Å². The Morgan fingerprint density at radius 2 is 1.74 bits per heavy atom. The van der Waals surface area contributed by atoms with Crippen LogP contribution in [0.25, 0.3) is 0 Å². The number of aliphatic carboxylic acids is 1. The molecule has 7 heteroatoms. The number of amides is 1. The second-order valence-electron chi connectivity index (χ2n) is 9.10. The van der Waals surface area contributed by atoms with Gasteiger partial charge in [-0.15, -0.1) is 0 Å². The minimum absolute atomic E-state index is 0.127. The molecule has 35 heavy (non-hydrogen) atoms. The van der Waals surface area contributed by atoms with Gasteiger partial charge in [-0.25, -0.2) is 13.6 Å². The third-order valence-electron chi connectivity index (χ3n) is 6.28. The zero-order valence-electron chi connectivity index (χ0n) is 21.0. The number of benzene rings is 2. The molecule has 0 bridgehead atoms. The Balaban J connectivity index is 2.08. The van der Waals surface area contributed by atoms with Gasteiger partial charge in [0.05, 0.1) is 6.42 Å². The van der Waals surface area contributed by atoms with E-state index in [9.17, 15) is 23.5 Å².